The summed E-state index contributed by atoms with van der Waals surface area (Å²) in [5.74, 6) is 1.62. The molecule has 0 aliphatic carbocycles. The molecule has 0 radical (unpaired) electrons. The van der Waals surface area contributed by atoms with Crippen molar-refractivity contribution in [1.29, 1.82) is 0 Å². The molecular weight excluding hydrogens is 236 g/mol. The van der Waals surface area contributed by atoms with Gasteiger partial charge in [-0.3, -0.25) is 4.90 Å². The Balaban J connectivity index is 2.16. The molecule has 1 saturated heterocycles. The third-order valence-corrected chi connectivity index (χ3v) is 4.04. The first-order chi connectivity index (χ1) is 9.09. The normalized spacial score (nSPS) is 17.8. The molecule has 1 heterocycles. The fraction of sp³-hybridized carbons (Fsp3) is 1.00. The largest absolute Gasteiger partial charge is 0.380 e. The topological polar surface area (TPSA) is 24.5 Å². The van der Waals surface area contributed by atoms with E-state index in [-0.39, 0.29) is 0 Å². The van der Waals surface area contributed by atoms with Crippen molar-refractivity contribution in [3.8, 4) is 0 Å². The van der Waals surface area contributed by atoms with Crippen LogP contribution in [0.25, 0.3) is 0 Å². The van der Waals surface area contributed by atoms with Crippen LogP contribution in [0.3, 0.4) is 0 Å². The zero-order chi connectivity index (χ0) is 14.1. The molecule has 1 N–H and O–H groups in total. The van der Waals surface area contributed by atoms with E-state index >= 15 is 0 Å². The van der Waals surface area contributed by atoms with Gasteiger partial charge in [0, 0.05) is 25.7 Å². The minimum absolute atomic E-state index is 0.628. The van der Waals surface area contributed by atoms with Gasteiger partial charge in [-0.15, -0.1) is 0 Å². The predicted molar refractivity (Wildman–Crippen MR) is 82.6 cm³/mol. The molecule has 0 aromatic carbocycles. The highest BCUT2D eigenvalue weighted by Crippen LogP contribution is 2.14. The molecule has 0 saturated carbocycles. The minimum Gasteiger partial charge on any atom is -0.380 e. The lowest BCUT2D eigenvalue weighted by Gasteiger charge is -2.32. The fourth-order valence-electron chi connectivity index (χ4n) is 2.56. The molecule has 0 aromatic rings. The Morgan fingerprint density at radius 2 is 1.79 bits per heavy atom. The van der Waals surface area contributed by atoms with E-state index in [9.17, 15) is 0 Å². The SMILES string of the molecule is CC(C)CCOCCN(CC1CCNCC1)C(C)C. The lowest BCUT2D eigenvalue weighted by molar-refractivity contribution is 0.0763. The number of ether oxygens (including phenoxy) is 1. The van der Waals surface area contributed by atoms with Gasteiger partial charge in [0.2, 0.25) is 0 Å². The number of hydrogen-bond donors (Lipinski definition) is 1. The number of rotatable bonds is 9. The van der Waals surface area contributed by atoms with Gasteiger partial charge >= 0.3 is 0 Å². The van der Waals surface area contributed by atoms with Gasteiger partial charge in [-0.05, 0) is 58.0 Å². The van der Waals surface area contributed by atoms with E-state index in [0.29, 0.717) is 6.04 Å². The maximum Gasteiger partial charge on any atom is 0.0593 e. The van der Waals surface area contributed by atoms with Crippen LogP contribution in [-0.4, -0.2) is 50.3 Å². The first kappa shape index (κ1) is 16.9. The molecule has 0 amide bonds. The first-order valence-electron chi connectivity index (χ1n) is 8.12. The Hall–Kier alpha value is -0.120. The average Bonchev–Trinajstić information content (AvgIpc) is 2.37. The number of nitrogens with one attached hydrogen (secondary N) is 1. The second-order valence-electron chi connectivity index (χ2n) is 6.58. The summed E-state index contributed by atoms with van der Waals surface area (Å²) < 4.78 is 5.76. The molecule has 3 heteroatoms. The molecule has 1 aliphatic rings. The van der Waals surface area contributed by atoms with Crippen LogP contribution in [0.5, 0.6) is 0 Å². The molecule has 0 unspecified atom stereocenters. The van der Waals surface area contributed by atoms with Crippen LogP contribution in [0.4, 0.5) is 0 Å². The van der Waals surface area contributed by atoms with E-state index in [1.165, 1.54) is 38.9 Å². The van der Waals surface area contributed by atoms with Crippen LogP contribution in [0.2, 0.25) is 0 Å². The Morgan fingerprint density at radius 3 is 2.37 bits per heavy atom. The Kier molecular flexibility index (Phi) is 8.67. The van der Waals surface area contributed by atoms with E-state index < -0.39 is 0 Å². The van der Waals surface area contributed by atoms with Crippen LogP contribution >= 0.6 is 0 Å². The third-order valence-electron chi connectivity index (χ3n) is 4.04. The number of nitrogens with zero attached hydrogens (tertiary/aromatic N) is 1. The molecular formula is C16H34N2O. The fourth-order valence-corrected chi connectivity index (χ4v) is 2.56. The average molecular weight is 270 g/mol. The Morgan fingerprint density at radius 1 is 1.11 bits per heavy atom. The van der Waals surface area contributed by atoms with Gasteiger partial charge in [0.1, 0.15) is 0 Å². The van der Waals surface area contributed by atoms with Crippen LogP contribution in [-0.2, 0) is 4.74 Å². The van der Waals surface area contributed by atoms with E-state index in [0.717, 1.165) is 31.6 Å². The molecule has 19 heavy (non-hydrogen) atoms. The quantitative estimate of drug-likeness (QED) is 0.652. The standard InChI is InChI=1S/C16H34N2O/c1-14(2)7-11-19-12-10-18(15(3)4)13-16-5-8-17-9-6-16/h14-17H,5-13H2,1-4H3. The highest BCUT2D eigenvalue weighted by Gasteiger charge is 2.18. The van der Waals surface area contributed by atoms with Crippen LogP contribution in [0.15, 0.2) is 0 Å². The molecule has 0 bridgehead atoms. The highest BCUT2D eigenvalue weighted by atomic mass is 16.5. The Bertz CT molecular complexity index is 213. The summed E-state index contributed by atoms with van der Waals surface area (Å²) in [5.41, 5.74) is 0. The lowest BCUT2D eigenvalue weighted by Crippen LogP contribution is -2.41. The predicted octanol–water partition coefficient (Wildman–Crippen LogP) is 2.76. The molecule has 3 nitrogen and oxygen atoms in total. The summed E-state index contributed by atoms with van der Waals surface area (Å²) in [6.07, 6.45) is 3.84. The molecule has 114 valence electrons. The van der Waals surface area contributed by atoms with Crippen LogP contribution in [0.1, 0.15) is 47.0 Å². The smallest absolute Gasteiger partial charge is 0.0593 e. The Labute approximate surface area is 120 Å². The summed E-state index contributed by atoms with van der Waals surface area (Å²) in [6.45, 7) is 15.6. The van der Waals surface area contributed by atoms with E-state index in [1.807, 2.05) is 0 Å². The van der Waals surface area contributed by atoms with E-state index in [2.05, 4.69) is 37.9 Å². The van der Waals surface area contributed by atoms with Crippen molar-refractivity contribution >= 4 is 0 Å². The van der Waals surface area contributed by atoms with Gasteiger partial charge in [0.25, 0.3) is 0 Å². The molecule has 1 rings (SSSR count). The zero-order valence-electron chi connectivity index (χ0n) is 13.5. The summed E-state index contributed by atoms with van der Waals surface area (Å²) in [7, 11) is 0. The van der Waals surface area contributed by atoms with Crippen molar-refractivity contribution in [2.45, 2.75) is 53.0 Å². The maximum absolute atomic E-state index is 5.76. The molecule has 0 atom stereocenters. The van der Waals surface area contributed by atoms with Crippen molar-refractivity contribution in [2.24, 2.45) is 11.8 Å². The zero-order valence-corrected chi connectivity index (χ0v) is 13.5. The number of hydrogen-bond acceptors (Lipinski definition) is 3. The third kappa shape index (κ3) is 7.91. The van der Waals surface area contributed by atoms with Crippen molar-refractivity contribution in [3.63, 3.8) is 0 Å². The van der Waals surface area contributed by atoms with Crippen molar-refractivity contribution in [1.82, 2.24) is 10.2 Å². The summed E-state index contributed by atoms with van der Waals surface area (Å²) >= 11 is 0. The van der Waals surface area contributed by atoms with Gasteiger partial charge in [0.05, 0.1) is 6.61 Å². The lowest BCUT2D eigenvalue weighted by atomic mass is 9.97. The van der Waals surface area contributed by atoms with Gasteiger partial charge in [-0.1, -0.05) is 13.8 Å². The molecule has 0 spiro atoms. The highest BCUT2D eigenvalue weighted by molar-refractivity contribution is 4.74. The maximum atomic E-state index is 5.76. The first-order valence-corrected chi connectivity index (χ1v) is 8.12. The van der Waals surface area contributed by atoms with Crippen molar-refractivity contribution < 1.29 is 4.74 Å². The van der Waals surface area contributed by atoms with Crippen molar-refractivity contribution in [2.75, 3.05) is 39.4 Å². The molecule has 1 fully saturated rings. The summed E-state index contributed by atoms with van der Waals surface area (Å²) in [4.78, 5) is 2.59. The van der Waals surface area contributed by atoms with Crippen molar-refractivity contribution in [3.05, 3.63) is 0 Å². The number of piperidine rings is 1. The van der Waals surface area contributed by atoms with Crippen LogP contribution in [0, 0.1) is 11.8 Å². The van der Waals surface area contributed by atoms with Gasteiger partial charge in [0.15, 0.2) is 0 Å². The second-order valence-corrected chi connectivity index (χ2v) is 6.58. The monoisotopic (exact) mass is 270 g/mol. The van der Waals surface area contributed by atoms with Gasteiger partial charge < -0.3 is 10.1 Å². The van der Waals surface area contributed by atoms with Gasteiger partial charge in [-0.2, -0.15) is 0 Å². The van der Waals surface area contributed by atoms with Gasteiger partial charge in [-0.25, -0.2) is 0 Å². The summed E-state index contributed by atoms with van der Waals surface area (Å²) in [5, 5.41) is 3.44. The minimum atomic E-state index is 0.628. The second kappa shape index (κ2) is 9.73. The van der Waals surface area contributed by atoms with E-state index in [4.69, 9.17) is 4.74 Å². The summed E-state index contributed by atoms with van der Waals surface area (Å²) in [6, 6.07) is 0.628. The van der Waals surface area contributed by atoms with E-state index in [1.54, 1.807) is 0 Å². The van der Waals surface area contributed by atoms with Crippen LogP contribution < -0.4 is 5.32 Å². The molecule has 1 aliphatic heterocycles. The molecule has 0 aromatic heterocycles.